The first-order valence-electron chi connectivity index (χ1n) is 6.44. The molecule has 1 N–H and O–H groups in total. The minimum Gasteiger partial charge on any atom is -0.375 e. The van der Waals surface area contributed by atoms with Crippen molar-refractivity contribution in [2.75, 3.05) is 13.2 Å². The highest BCUT2D eigenvalue weighted by atomic mass is 16.5. The van der Waals surface area contributed by atoms with Crippen LogP contribution in [0.4, 0.5) is 0 Å². The van der Waals surface area contributed by atoms with Gasteiger partial charge in [0.15, 0.2) is 0 Å². The Balaban J connectivity index is 2.09. The molecule has 0 fully saturated rings. The van der Waals surface area contributed by atoms with Crippen molar-refractivity contribution in [1.82, 2.24) is 15.1 Å². The summed E-state index contributed by atoms with van der Waals surface area (Å²) in [5.74, 6) is 0. The van der Waals surface area contributed by atoms with Crippen molar-refractivity contribution in [3.8, 4) is 0 Å². The lowest BCUT2D eigenvalue weighted by molar-refractivity contribution is 0.115. The molecule has 0 aliphatic carbocycles. The lowest BCUT2D eigenvalue weighted by Crippen LogP contribution is -2.24. The molecule has 0 unspecified atom stereocenters. The van der Waals surface area contributed by atoms with Gasteiger partial charge in [-0.1, -0.05) is 13.8 Å². The molecule has 0 amide bonds. The molecule has 0 saturated carbocycles. The molecule has 0 radical (unpaired) electrons. The highest BCUT2D eigenvalue weighted by Gasteiger charge is 2.01. The van der Waals surface area contributed by atoms with Crippen LogP contribution in [-0.2, 0) is 11.3 Å². The predicted molar refractivity (Wildman–Crippen MR) is 70.0 cm³/mol. The molecule has 1 aromatic rings. The summed E-state index contributed by atoms with van der Waals surface area (Å²) >= 11 is 0. The van der Waals surface area contributed by atoms with E-state index in [1.165, 1.54) is 0 Å². The average molecular weight is 239 g/mol. The summed E-state index contributed by atoms with van der Waals surface area (Å²) in [6.45, 7) is 11.0. The molecule has 1 heterocycles. The van der Waals surface area contributed by atoms with E-state index in [2.05, 4.69) is 38.1 Å². The molecule has 0 spiro atoms. The molecule has 98 valence electrons. The number of nitrogens with zero attached hydrogens (tertiary/aromatic N) is 2. The number of hydrogen-bond donors (Lipinski definition) is 1. The Kier molecular flexibility index (Phi) is 6.22. The van der Waals surface area contributed by atoms with E-state index in [-0.39, 0.29) is 0 Å². The van der Waals surface area contributed by atoms with Crippen LogP contribution in [0, 0.1) is 0 Å². The van der Waals surface area contributed by atoms with E-state index in [1.54, 1.807) is 0 Å². The van der Waals surface area contributed by atoms with Gasteiger partial charge in [0, 0.05) is 24.9 Å². The predicted octanol–water partition coefficient (Wildman–Crippen LogP) is 2.37. The molecule has 1 aromatic heterocycles. The van der Waals surface area contributed by atoms with E-state index in [0.717, 1.165) is 25.3 Å². The van der Waals surface area contributed by atoms with Gasteiger partial charge in [-0.15, -0.1) is 0 Å². The fourth-order valence-electron chi connectivity index (χ4n) is 1.48. The molecular formula is C13H25N3O. The van der Waals surface area contributed by atoms with Gasteiger partial charge in [-0.3, -0.25) is 4.68 Å². The molecular weight excluding hydrogens is 214 g/mol. The lowest BCUT2D eigenvalue weighted by Gasteiger charge is -2.07. The maximum absolute atomic E-state index is 5.58. The van der Waals surface area contributed by atoms with Crippen LogP contribution in [0.2, 0.25) is 0 Å². The molecule has 4 heteroatoms. The molecule has 4 nitrogen and oxygen atoms in total. The van der Waals surface area contributed by atoms with Crippen LogP contribution in [0.25, 0.3) is 0 Å². The molecule has 0 aliphatic rings. The van der Waals surface area contributed by atoms with Crippen molar-refractivity contribution in [3.05, 3.63) is 18.0 Å². The van der Waals surface area contributed by atoms with E-state index in [0.29, 0.717) is 18.7 Å². The number of hydrogen-bond acceptors (Lipinski definition) is 3. The van der Waals surface area contributed by atoms with E-state index in [9.17, 15) is 0 Å². The third-order valence-corrected chi connectivity index (χ3v) is 2.46. The zero-order valence-corrected chi connectivity index (χ0v) is 11.4. The van der Waals surface area contributed by atoms with Gasteiger partial charge in [0.2, 0.25) is 0 Å². The van der Waals surface area contributed by atoms with Gasteiger partial charge in [-0.2, -0.15) is 5.10 Å². The smallest absolute Gasteiger partial charge is 0.0906 e. The van der Waals surface area contributed by atoms with Gasteiger partial charge >= 0.3 is 0 Å². The van der Waals surface area contributed by atoms with E-state index in [4.69, 9.17) is 4.74 Å². The quantitative estimate of drug-likeness (QED) is 0.708. The lowest BCUT2D eigenvalue weighted by atomic mass is 10.3. The number of nitrogens with one attached hydrogen (secondary N) is 1. The van der Waals surface area contributed by atoms with Gasteiger partial charge in [-0.05, 0) is 32.9 Å². The van der Waals surface area contributed by atoms with Crippen molar-refractivity contribution in [2.24, 2.45) is 0 Å². The van der Waals surface area contributed by atoms with Crippen LogP contribution >= 0.6 is 0 Å². The minimum absolute atomic E-state index is 0.416. The summed E-state index contributed by atoms with van der Waals surface area (Å²) in [6.07, 6.45) is 3.05. The Morgan fingerprint density at radius 2 is 2.12 bits per heavy atom. The second kappa shape index (κ2) is 7.45. The Hall–Kier alpha value is -0.870. The van der Waals surface area contributed by atoms with Crippen molar-refractivity contribution in [1.29, 1.82) is 0 Å². The average Bonchev–Trinajstić information content (AvgIpc) is 2.71. The molecule has 1 rings (SSSR count). The zero-order chi connectivity index (χ0) is 12.7. The molecule has 0 atom stereocenters. The zero-order valence-electron chi connectivity index (χ0n) is 11.4. The summed E-state index contributed by atoms with van der Waals surface area (Å²) in [4.78, 5) is 0. The topological polar surface area (TPSA) is 39.1 Å². The number of aromatic nitrogens is 2. The summed E-state index contributed by atoms with van der Waals surface area (Å²) in [6, 6.07) is 2.99. The third kappa shape index (κ3) is 5.84. The second-order valence-electron chi connectivity index (χ2n) is 4.90. The maximum atomic E-state index is 5.58. The summed E-state index contributed by atoms with van der Waals surface area (Å²) in [7, 11) is 0. The van der Waals surface area contributed by atoms with Crippen LogP contribution in [0.5, 0.6) is 0 Å². The standard InChI is InChI=1S/C13H25N3O/c1-11(2)14-7-5-9-17-10-13-6-8-16(15-13)12(3)4/h6,8,11-12,14H,5,7,9-10H2,1-4H3. The monoisotopic (exact) mass is 239 g/mol. The Labute approximate surface area is 104 Å². The molecule has 0 aromatic carbocycles. The van der Waals surface area contributed by atoms with Gasteiger partial charge in [0.1, 0.15) is 0 Å². The van der Waals surface area contributed by atoms with Gasteiger partial charge in [0.05, 0.1) is 12.3 Å². The Morgan fingerprint density at radius 3 is 2.71 bits per heavy atom. The highest BCUT2D eigenvalue weighted by molar-refractivity contribution is 4.97. The van der Waals surface area contributed by atoms with Crippen molar-refractivity contribution in [2.45, 2.75) is 52.8 Å². The normalized spacial score (nSPS) is 11.6. The van der Waals surface area contributed by atoms with Crippen LogP contribution in [0.3, 0.4) is 0 Å². The first-order valence-corrected chi connectivity index (χ1v) is 6.44. The second-order valence-corrected chi connectivity index (χ2v) is 4.90. The highest BCUT2D eigenvalue weighted by Crippen LogP contribution is 2.05. The van der Waals surface area contributed by atoms with Crippen LogP contribution in [-0.4, -0.2) is 29.0 Å². The van der Waals surface area contributed by atoms with Crippen molar-refractivity contribution < 1.29 is 4.74 Å². The first-order chi connectivity index (χ1) is 8.09. The fraction of sp³-hybridized carbons (Fsp3) is 0.769. The SMILES string of the molecule is CC(C)NCCCOCc1ccn(C(C)C)n1. The number of rotatable bonds is 8. The van der Waals surface area contributed by atoms with E-state index < -0.39 is 0 Å². The largest absolute Gasteiger partial charge is 0.375 e. The summed E-state index contributed by atoms with van der Waals surface area (Å²) in [5.41, 5.74) is 1.01. The minimum atomic E-state index is 0.416. The molecule has 0 saturated heterocycles. The van der Waals surface area contributed by atoms with Crippen LogP contribution < -0.4 is 5.32 Å². The van der Waals surface area contributed by atoms with E-state index >= 15 is 0 Å². The Morgan fingerprint density at radius 1 is 1.35 bits per heavy atom. The maximum Gasteiger partial charge on any atom is 0.0906 e. The first kappa shape index (κ1) is 14.2. The number of ether oxygens (including phenoxy) is 1. The van der Waals surface area contributed by atoms with Gasteiger partial charge < -0.3 is 10.1 Å². The van der Waals surface area contributed by atoms with Crippen LogP contribution in [0.1, 0.15) is 45.9 Å². The summed E-state index contributed by atoms with van der Waals surface area (Å²) < 4.78 is 7.54. The van der Waals surface area contributed by atoms with Crippen molar-refractivity contribution in [3.63, 3.8) is 0 Å². The molecule has 0 aliphatic heterocycles. The van der Waals surface area contributed by atoms with E-state index in [1.807, 2.05) is 16.9 Å². The Bertz CT molecular complexity index is 307. The van der Waals surface area contributed by atoms with Gasteiger partial charge in [-0.25, -0.2) is 0 Å². The van der Waals surface area contributed by atoms with Crippen molar-refractivity contribution >= 4 is 0 Å². The molecule has 17 heavy (non-hydrogen) atoms. The van der Waals surface area contributed by atoms with Gasteiger partial charge in [0.25, 0.3) is 0 Å². The molecule has 0 bridgehead atoms. The van der Waals surface area contributed by atoms with Crippen LogP contribution in [0.15, 0.2) is 12.3 Å². The third-order valence-electron chi connectivity index (χ3n) is 2.46. The fourth-order valence-corrected chi connectivity index (χ4v) is 1.48. The summed E-state index contributed by atoms with van der Waals surface area (Å²) in [5, 5.41) is 7.80.